The van der Waals surface area contributed by atoms with Gasteiger partial charge in [-0.3, -0.25) is 4.79 Å². The fourth-order valence-corrected chi connectivity index (χ4v) is 2.55. The Labute approximate surface area is 127 Å². The van der Waals surface area contributed by atoms with Crippen molar-refractivity contribution in [3.8, 4) is 0 Å². The van der Waals surface area contributed by atoms with E-state index in [0.29, 0.717) is 32.3 Å². The summed E-state index contributed by atoms with van der Waals surface area (Å²) in [5.41, 5.74) is 0. The second-order valence-electron chi connectivity index (χ2n) is 5.60. The fraction of sp³-hybridized carbons (Fsp3) is 0.867. The number of amides is 2. The normalized spacial score (nSPS) is 17.4. The zero-order valence-electron chi connectivity index (χ0n) is 13.5. The molecule has 0 aromatic rings. The fourth-order valence-electron chi connectivity index (χ4n) is 2.55. The summed E-state index contributed by atoms with van der Waals surface area (Å²) in [6.07, 6.45) is 3.56. The Morgan fingerprint density at radius 2 is 1.95 bits per heavy atom. The van der Waals surface area contributed by atoms with Crippen LogP contribution in [0.5, 0.6) is 0 Å². The zero-order valence-corrected chi connectivity index (χ0v) is 13.5. The highest BCUT2D eigenvalue weighted by atomic mass is 16.6. The van der Waals surface area contributed by atoms with Gasteiger partial charge in [0.05, 0.1) is 13.2 Å². The summed E-state index contributed by atoms with van der Waals surface area (Å²) in [4.78, 5) is 25.1. The van der Waals surface area contributed by atoms with Crippen LogP contribution in [0, 0.1) is 0 Å². The van der Waals surface area contributed by atoms with Gasteiger partial charge in [-0.05, 0) is 33.1 Å². The number of carbonyl (C=O) groups is 2. The van der Waals surface area contributed by atoms with Crippen molar-refractivity contribution in [2.45, 2.75) is 58.5 Å². The molecule has 0 radical (unpaired) electrons. The summed E-state index contributed by atoms with van der Waals surface area (Å²) in [5, 5.41) is 6.25. The number of piperidine rings is 1. The van der Waals surface area contributed by atoms with Crippen molar-refractivity contribution in [3.63, 3.8) is 0 Å². The summed E-state index contributed by atoms with van der Waals surface area (Å²) >= 11 is 0. The molecule has 0 bridgehead atoms. The van der Waals surface area contributed by atoms with E-state index in [-0.39, 0.29) is 18.0 Å². The summed E-state index contributed by atoms with van der Waals surface area (Å²) in [7, 11) is 0. The Morgan fingerprint density at radius 1 is 1.29 bits per heavy atom. The highest BCUT2D eigenvalue weighted by molar-refractivity contribution is 5.78. The molecule has 1 heterocycles. The van der Waals surface area contributed by atoms with Gasteiger partial charge in [0.25, 0.3) is 0 Å². The molecule has 1 atom stereocenters. The first-order valence-corrected chi connectivity index (χ1v) is 8.01. The average Bonchev–Trinajstić information content (AvgIpc) is 2.46. The molecule has 122 valence electrons. The summed E-state index contributed by atoms with van der Waals surface area (Å²) in [6.45, 7) is 8.07. The van der Waals surface area contributed by atoms with E-state index in [1.54, 1.807) is 4.90 Å². The van der Waals surface area contributed by atoms with E-state index < -0.39 is 0 Å². The van der Waals surface area contributed by atoms with Crippen molar-refractivity contribution < 1.29 is 14.3 Å². The molecular weight excluding hydrogens is 270 g/mol. The maximum Gasteiger partial charge on any atom is 0.409 e. The van der Waals surface area contributed by atoms with E-state index in [4.69, 9.17) is 4.74 Å². The van der Waals surface area contributed by atoms with Gasteiger partial charge < -0.3 is 20.3 Å². The zero-order chi connectivity index (χ0) is 15.7. The van der Waals surface area contributed by atoms with Crippen LogP contribution in [-0.4, -0.2) is 55.2 Å². The molecular formula is C15H29N3O3. The average molecular weight is 299 g/mol. The Morgan fingerprint density at radius 3 is 2.52 bits per heavy atom. The molecule has 21 heavy (non-hydrogen) atoms. The third-order valence-electron chi connectivity index (χ3n) is 3.70. The summed E-state index contributed by atoms with van der Waals surface area (Å²) in [6, 6.07) is 0.526. The molecule has 1 saturated heterocycles. The SMILES string of the molecule is CCCC(C)NC(=O)CNC1CCN(C(=O)OCC)CC1. The van der Waals surface area contributed by atoms with Crippen molar-refractivity contribution in [3.05, 3.63) is 0 Å². The van der Waals surface area contributed by atoms with Crippen molar-refractivity contribution >= 4 is 12.0 Å². The Hall–Kier alpha value is -1.30. The minimum absolute atomic E-state index is 0.0452. The lowest BCUT2D eigenvalue weighted by Gasteiger charge is -2.31. The maximum atomic E-state index is 11.8. The van der Waals surface area contributed by atoms with E-state index in [1.807, 2.05) is 13.8 Å². The molecule has 0 aromatic heterocycles. The van der Waals surface area contributed by atoms with Crippen LogP contribution >= 0.6 is 0 Å². The van der Waals surface area contributed by atoms with Gasteiger partial charge in [-0.25, -0.2) is 4.79 Å². The monoisotopic (exact) mass is 299 g/mol. The molecule has 1 aliphatic heterocycles. The van der Waals surface area contributed by atoms with Crippen LogP contribution in [0.1, 0.15) is 46.5 Å². The molecule has 6 heteroatoms. The first kappa shape index (κ1) is 17.8. The van der Waals surface area contributed by atoms with Crippen LogP contribution in [0.25, 0.3) is 0 Å². The quantitative estimate of drug-likeness (QED) is 0.747. The van der Waals surface area contributed by atoms with Crippen molar-refractivity contribution in [2.24, 2.45) is 0 Å². The predicted octanol–water partition coefficient (Wildman–Crippen LogP) is 1.50. The van der Waals surface area contributed by atoms with Crippen LogP contribution in [-0.2, 0) is 9.53 Å². The number of hydrogen-bond donors (Lipinski definition) is 2. The second kappa shape index (κ2) is 9.60. The molecule has 1 rings (SSSR count). The van der Waals surface area contributed by atoms with Crippen LogP contribution in [0.4, 0.5) is 4.79 Å². The number of ether oxygens (including phenoxy) is 1. The molecule has 6 nitrogen and oxygen atoms in total. The van der Waals surface area contributed by atoms with E-state index >= 15 is 0 Å². The lowest BCUT2D eigenvalue weighted by Crippen LogP contribution is -2.48. The van der Waals surface area contributed by atoms with Crippen molar-refractivity contribution in [1.29, 1.82) is 0 Å². The standard InChI is InChI=1S/C15H29N3O3/c1-4-6-12(3)17-14(19)11-16-13-7-9-18(10-8-13)15(20)21-5-2/h12-13,16H,4-11H2,1-3H3,(H,17,19). The third-order valence-corrected chi connectivity index (χ3v) is 3.70. The molecule has 0 saturated carbocycles. The largest absolute Gasteiger partial charge is 0.450 e. The minimum atomic E-state index is -0.234. The molecule has 1 aliphatic rings. The number of carbonyl (C=O) groups excluding carboxylic acids is 2. The molecule has 0 aromatic carbocycles. The van der Waals surface area contributed by atoms with Crippen LogP contribution in [0.2, 0.25) is 0 Å². The van der Waals surface area contributed by atoms with Gasteiger partial charge in [-0.2, -0.15) is 0 Å². The van der Waals surface area contributed by atoms with Gasteiger partial charge in [0.2, 0.25) is 5.91 Å². The van der Waals surface area contributed by atoms with Gasteiger partial charge in [0.1, 0.15) is 0 Å². The molecule has 0 aliphatic carbocycles. The number of rotatable bonds is 7. The smallest absolute Gasteiger partial charge is 0.409 e. The lowest BCUT2D eigenvalue weighted by molar-refractivity contribution is -0.121. The van der Waals surface area contributed by atoms with Crippen molar-refractivity contribution in [2.75, 3.05) is 26.2 Å². The van der Waals surface area contributed by atoms with Gasteiger partial charge in [-0.15, -0.1) is 0 Å². The first-order chi connectivity index (χ1) is 10.1. The van der Waals surface area contributed by atoms with E-state index in [1.165, 1.54) is 0 Å². The van der Waals surface area contributed by atoms with Crippen LogP contribution in [0.15, 0.2) is 0 Å². The highest BCUT2D eigenvalue weighted by Crippen LogP contribution is 2.11. The molecule has 2 N–H and O–H groups in total. The van der Waals surface area contributed by atoms with Crippen LogP contribution < -0.4 is 10.6 Å². The van der Waals surface area contributed by atoms with Gasteiger partial charge in [0.15, 0.2) is 0 Å². The predicted molar refractivity (Wildman–Crippen MR) is 82.1 cm³/mol. The molecule has 1 unspecified atom stereocenters. The second-order valence-corrected chi connectivity index (χ2v) is 5.60. The maximum absolute atomic E-state index is 11.8. The number of nitrogens with one attached hydrogen (secondary N) is 2. The topological polar surface area (TPSA) is 70.7 Å². The van der Waals surface area contributed by atoms with Crippen LogP contribution in [0.3, 0.4) is 0 Å². The Balaban J connectivity index is 2.18. The lowest BCUT2D eigenvalue weighted by atomic mass is 10.1. The molecule has 1 fully saturated rings. The molecule has 2 amide bonds. The number of nitrogens with zero attached hydrogens (tertiary/aromatic N) is 1. The van der Waals surface area contributed by atoms with Crippen molar-refractivity contribution in [1.82, 2.24) is 15.5 Å². The minimum Gasteiger partial charge on any atom is -0.450 e. The third kappa shape index (κ3) is 6.80. The number of hydrogen-bond acceptors (Lipinski definition) is 4. The summed E-state index contributed by atoms with van der Waals surface area (Å²) < 4.78 is 4.98. The van der Waals surface area contributed by atoms with Gasteiger partial charge >= 0.3 is 6.09 Å². The summed E-state index contributed by atoms with van der Waals surface area (Å²) in [5.74, 6) is 0.0452. The van der Waals surface area contributed by atoms with E-state index in [2.05, 4.69) is 17.6 Å². The Bertz CT molecular complexity index is 328. The molecule has 0 spiro atoms. The Kier molecular flexibility index (Phi) is 8.12. The first-order valence-electron chi connectivity index (χ1n) is 8.01. The van der Waals surface area contributed by atoms with Gasteiger partial charge in [0, 0.05) is 25.2 Å². The van der Waals surface area contributed by atoms with E-state index in [0.717, 1.165) is 25.7 Å². The van der Waals surface area contributed by atoms with Gasteiger partial charge in [-0.1, -0.05) is 13.3 Å². The highest BCUT2D eigenvalue weighted by Gasteiger charge is 2.23. The van der Waals surface area contributed by atoms with E-state index in [9.17, 15) is 9.59 Å². The number of likely N-dealkylation sites (tertiary alicyclic amines) is 1.